The second kappa shape index (κ2) is 7.42. The SMILES string of the molecule is O=C(CSc1nc(C(F)(F)F)nc2ccccc12)c1ccc(Cl)cc1Cl. The molecule has 0 saturated heterocycles. The zero-order valence-electron chi connectivity index (χ0n) is 12.8. The molecule has 0 radical (unpaired) electrons. The Kier molecular flexibility index (Phi) is 5.41. The van der Waals surface area contributed by atoms with E-state index in [1.807, 2.05) is 0 Å². The number of nitrogens with zero attached hydrogens (tertiary/aromatic N) is 2. The maximum Gasteiger partial charge on any atom is 0.451 e. The van der Waals surface area contributed by atoms with E-state index >= 15 is 0 Å². The van der Waals surface area contributed by atoms with Crippen molar-refractivity contribution in [1.29, 1.82) is 0 Å². The Morgan fingerprint density at radius 3 is 2.50 bits per heavy atom. The molecule has 26 heavy (non-hydrogen) atoms. The molecule has 0 saturated carbocycles. The van der Waals surface area contributed by atoms with Gasteiger partial charge in [-0.05, 0) is 24.3 Å². The topological polar surface area (TPSA) is 42.9 Å². The van der Waals surface area contributed by atoms with Crippen LogP contribution in [-0.2, 0) is 6.18 Å². The van der Waals surface area contributed by atoms with E-state index in [1.165, 1.54) is 24.3 Å². The van der Waals surface area contributed by atoms with Gasteiger partial charge >= 0.3 is 6.18 Å². The van der Waals surface area contributed by atoms with Gasteiger partial charge in [0.25, 0.3) is 0 Å². The molecule has 0 aliphatic rings. The van der Waals surface area contributed by atoms with Crippen LogP contribution in [0.4, 0.5) is 13.2 Å². The van der Waals surface area contributed by atoms with Crippen LogP contribution in [0, 0.1) is 0 Å². The molecule has 0 fully saturated rings. The van der Waals surface area contributed by atoms with Crippen LogP contribution in [-0.4, -0.2) is 21.5 Å². The quantitative estimate of drug-likeness (QED) is 0.300. The first-order valence-electron chi connectivity index (χ1n) is 7.21. The van der Waals surface area contributed by atoms with Gasteiger partial charge in [-0.15, -0.1) is 0 Å². The lowest BCUT2D eigenvalue weighted by molar-refractivity contribution is -0.145. The standard InChI is InChI=1S/C17H9Cl2F3N2OS/c18-9-5-6-10(12(19)7-9)14(25)8-26-15-11-3-1-2-4-13(11)23-16(24-15)17(20,21)22/h1-7H,8H2. The Bertz CT molecular complexity index is 995. The minimum atomic E-state index is -4.68. The molecule has 1 aromatic heterocycles. The first-order valence-corrected chi connectivity index (χ1v) is 8.95. The molecular weight excluding hydrogens is 408 g/mol. The van der Waals surface area contributed by atoms with Crippen molar-refractivity contribution in [3.63, 3.8) is 0 Å². The van der Waals surface area contributed by atoms with Gasteiger partial charge in [0.1, 0.15) is 5.03 Å². The van der Waals surface area contributed by atoms with Crippen LogP contribution in [0.3, 0.4) is 0 Å². The van der Waals surface area contributed by atoms with Crippen LogP contribution in [0.1, 0.15) is 16.2 Å². The average molecular weight is 417 g/mol. The monoisotopic (exact) mass is 416 g/mol. The summed E-state index contributed by atoms with van der Waals surface area (Å²) in [5.41, 5.74) is 0.410. The molecule has 0 unspecified atom stereocenters. The zero-order valence-corrected chi connectivity index (χ0v) is 15.2. The molecule has 0 N–H and O–H groups in total. The maximum atomic E-state index is 13.0. The second-order valence-electron chi connectivity index (χ2n) is 5.20. The van der Waals surface area contributed by atoms with Crippen LogP contribution in [0.15, 0.2) is 47.5 Å². The van der Waals surface area contributed by atoms with Crippen LogP contribution in [0.5, 0.6) is 0 Å². The number of alkyl halides is 3. The van der Waals surface area contributed by atoms with E-state index in [0.717, 1.165) is 11.8 Å². The number of thioether (sulfide) groups is 1. The van der Waals surface area contributed by atoms with Crippen LogP contribution in [0.2, 0.25) is 10.0 Å². The molecule has 0 bridgehead atoms. The average Bonchev–Trinajstić information content (AvgIpc) is 2.58. The summed E-state index contributed by atoms with van der Waals surface area (Å²) in [6.07, 6.45) is -4.68. The Hall–Kier alpha value is -1.83. The smallest absolute Gasteiger partial charge is 0.293 e. The van der Waals surface area contributed by atoms with E-state index < -0.39 is 12.0 Å². The minimum Gasteiger partial charge on any atom is -0.293 e. The van der Waals surface area contributed by atoms with Gasteiger partial charge in [0, 0.05) is 16.0 Å². The van der Waals surface area contributed by atoms with Crippen molar-refractivity contribution in [3.05, 3.63) is 63.9 Å². The highest BCUT2D eigenvalue weighted by molar-refractivity contribution is 8.00. The summed E-state index contributed by atoms with van der Waals surface area (Å²) in [6.45, 7) is 0. The fraction of sp³-hybridized carbons (Fsp3) is 0.118. The predicted molar refractivity (Wildman–Crippen MR) is 96.1 cm³/mol. The first kappa shape index (κ1) is 18.9. The highest BCUT2D eigenvalue weighted by atomic mass is 35.5. The van der Waals surface area contributed by atoms with Gasteiger partial charge in [-0.2, -0.15) is 13.2 Å². The third-order valence-electron chi connectivity index (χ3n) is 3.39. The van der Waals surface area contributed by atoms with Crippen molar-refractivity contribution in [2.45, 2.75) is 11.2 Å². The van der Waals surface area contributed by atoms with E-state index in [-0.39, 0.29) is 32.7 Å². The van der Waals surface area contributed by atoms with Gasteiger partial charge in [-0.25, -0.2) is 9.97 Å². The Morgan fingerprint density at radius 1 is 1.08 bits per heavy atom. The number of benzene rings is 2. The third kappa shape index (κ3) is 4.11. The van der Waals surface area contributed by atoms with E-state index in [0.29, 0.717) is 10.4 Å². The Labute approximate surface area is 160 Å². The normalized spacial score (nSPS) is 11.7. The molecule has 0 atom stereocenters. The third-order valence-corrected chi connectivity index (χ3v) is 4.93. The van der Waals surface area contributed by atoms with Crippen LogP contribution >= 0.6 is 35.0 Å². The summed E-state index contributed by atoms with van der Waals surface area (Å²) in [4.78, 5) is 19.5. The van der Waals surface area contributed by atoms with Crippen molar-refractivity contribution in [3.8, 4) is 0 Å². The molecule has 3 nitrogen and oxygen atoms in total. The number of rotatable bonds is 4. The summed E-state index contributed by atoms with van der Waals surface area (Å²) >= 11 is 12.7. The van der Waals surface area contributed by atoms with Crippen LogP contribution in [0.25, 0.3) is 10.9 Å². The number of halogens is 5. The van der Waals surface area contributed by atoms with Crippen molar-refractivity contribution in [2.24, 2.45) is 0 Å². The number of para-hydroxylation sites is 1. The lowest BCUT2D eigenvalue weighted by Gasteiger charge is -2.10. The number of ketones is 1. The molecule has 3 rings (SSSR count). The number of hydrogen-bond donors (Lipinski definition) is 0. The summed E-state index contributed by atoms with van der Waals surface area (Å²) < 4.78 is 39.1. The van der Waals surface area contributed by atoms with E-state index in [9.17, 15) is 18.0 Å². The van der Waals surface area contributed by atoms with Gasteiger partial charge in [0.2, 0.25) is 5.82 Å². The van der Waals surface area contributed by atoms with Crippen LogP contribution < -0.4 is 0 Å². The molecule has 0 aliphatic heterocycles. The van der Waals surface area contributed by atoms with Crippen molar-refractivity contribution in [1.82, 2.24) is 9.97 Å². The number of fused-ring (bicyclic) bond motifs is 1. The lowest BCUT2D eigenvalue weighted by atomic mass is 10.1. The number of carbonyl (C=O) groups excluding carboxylic acids is 1. The molecule has 3 aromatic rings. The number of aromatic nitrogens is 2. The highest BCUT2D eigenvalue weighted by Gasteiger charge is 2.35. The lowest BCUT2D eigenvalue weighted by Crippen LogP contribution is -2.12. The molecule has 0 amide bonds. The zero-order chi connectivity index (χ0) is 18.9. The Balaban J connectivity index is 1.91. The first-order chi connectivity index (χ1) is 12.3. The molecule has 134 valence electrons. The molecule has 9 heteroatoms. The van der Waals surface area contributed by atoms with Gasteiger partial charge in [-0.1, -0.05) is 53.2 Å². The molecule has 0 spiro atoms. The summed E-state index contributed by atoms with van der Waals surface area (Å²) in [6, 6.07) is 10.8. The molecular formula is C17H9Cl2F3N2OS. The fourth-order valence-electron chi connectivity index (χ4n) is 2.21. The highest BCUT2D eigenvalue weighted by Crippen LogP contribution is 2.32. The number of hydrogen-bond acceptors (Lipinski definition) is 4. The molecule has 0 aliphatic carbocycles. The molecule has 1 heterocycles. The number of carbonyl (C=O) groups is 1. The predicted octanol–water partition coefficient (Wildman–Crippen LogP) is 5.93. The van der Waals surface area contributed by atoms with Crippen molar-refractivity contribution in [2.75, 3.05) is 5.75 Å². The fourth-order valence-corrected chi connectivity index (χ4v) is 3.63. The van der Waals surface area contributed by atoms with E-state index in [1.54, 1.807) is 18.2 Å². The van der Waals surface area contributed by atoms with Gasteiger partial charge < -0.3 is 0 Å². The number of Topliss-reactive ketones (excluding diaryl/α,β-unsaturated/α-hetero) is 1. The van der Waals surface area contributed by atoms with E-state index in [4.69, 9.17) is 23.2 Å². The van der Waals surface area contributed by atoms with Crippen molar-refractivity contribution < 1.29 is 18.0 Å². The van der Waals surface area contributed by atoms with Crippen molar-refractivity contribution >= 4 is 51.6 Å². The summed E-state index contributed by atoms with van der Waals surface area (Å²) in [7, 11) is 0. The minimum absolute atomic E-state index is 0.0846. The summed E-state index contributed by atoms with van der Waals surface area (Å²) in [5, 5.41) is 1.10. The summed E-state index contributed by atoms with van der Waals surface area (Å²) in [5.74, 6) is -1.71. The maximum absolute atomic E-state index is 13.0. The van der Waals surface area contributed by atoms with Gasteiger partial charge in [-0.3, -0.25) is 4.79 Å². The largest absolute Gasteiger partial charge is 0.451 e. The van der Waals surface area contributed by atoms with E-state index in [2.05, 4.69) is 9.97 Å². The van der Waals surface area contributed by atoms with Gasteiger partial charge in [0.15, 0.2) is 5.78 Å². The second-order valence-corrected chi connectivity index (χ2v) is 7.01. The Morgan fingerprint density at radius 2 is 1.81 bits per heavy atom. The van der Waals surface area contributed by atoms with Gasteiger partial charge in [0.05, 0.1) is 16.3 Å². The molecule has 2 aromatic carbocycles.